The maximum absolute atomic E-state index is 13.2. The van der Waals surface area contributed by atoms with Crippen molar-refractivity contribution in [3.63, 3.8) is 0 Å². The van der Waals surface area contributed by atoms with Gasteiger partial charge in [-0.2, -0.15) is 9.97 Å². The van der Waals surface area contributed by atoms with Crippen molar-refractivity contribution in [2.75, 3.05) is 117 Å². The van der Waals surface area contributed by atoms with E-state index in [1.165, 1.54) is 51.4 Å². The quantitative estimate of drug-likeness (QED) is 0.0230. The molecule has 16 heterocycles. The van der Waals surface area contributed by atoms with E-state index in [1.807, 2.05) is 130 Å². The third-order valence-corrected chi connectivity index (χ3v) is 23.3. The van der Waals surface area contributed by atoms with Crippen LogP contribution in [0, 0.1) is 34.6 Å². The van der Waals surface area contributed by atoms with Gasteiger partial charge in [0.15, 0.2) is 33.7 Å². The number of aromatic nitrogens is 13. The number of ether oxygens (including phenoxy) is 2. The Hall–Kier alpha value is -10.4. The van der Waals surface area contributed by atoms with Crippen molar-refractivity contribution in [3.05, 3.63) is 226 Å². The average Bonchev–Trinajstić information content (AvgIpc) is 1.65. The van der Waals surface area contributed by atoms with E-state index in [1.54, 1.807) is 84.6 Å². The highest BCUT2D eigenvalue weighted by atomic mass is 79.9. The third-order valence-electron chi connectivity index (χ3n) is 20.3. The second-order valence-corrected chi connectivity index (χ2v) is 38.1. The standard InChI is InChI=1S/C21H22N6O2.C14H17BrN4O.C11H11BrN2O2.C9H6BrClN2O.C9H7BrN2O2.C7H7BN2O3.C6H9ClO3.C6H13N.C5H5BrN2.Cl2OS/c1-13-19(20(28)26-9-7-25(2)8-10-26)27-12-15(4-6-18(27)23-13)14-3-5-17-16(11-14)24-21(22)29-17;1-10-13(14(20)18-7-5-17(2)6-8-18)19-9-11(15)3-4-12(19)16-10;1-3-16-11(15)10-7(2)13-9-5-4-8(12)6-14(9)10;1-5-8(9(11)14)13-4-6(10)2-3-7(13)12-5;1-5-8(9(13)14)12-4-6(10)2-3-7(12)11-5;9-7-10-5-3-4(8(11)12)1-2-6(5)13-7;1-3-10-6(9)5(7)4(2)8;1-7-5-3-2-4-6-7;6-4-1-2-5(7)8-3-4;1-4(2)3/h3-6,11-12H,7-10H2,1-2H3,(H2,22,24);3-4,9H,5-8H2,1-2H3;4-6H,3H2,1-2H3;2-4H,1H3;2-4H,1H3,(H,13,14);1-3,11-12H,(H2,9,10);5H,3H2,1-2H3;2-6H2,1H3;1-3H,(H2,7,8);. The summed E-state index contributed by atoms with van der Waals surface area (Å²) in [6, 6.07) is 33.0. The van der Waals surface area contributed by atoms with Crippen LogP contribution in [0.2, 0.25) is 0 Å². The molecule has 3 saturated heterocycles. The molecule has 2 aromatic carbocycles. The number of nitrogen functional groups attached to an aromatic ring is 3. The number of esters is 2. The lowest BCUT2D eigenvalue weighted by atomic mass is 9.80. The molecule has 1 atom stereocenters. The highest BCUT2D eigenvalue weighted by Crippen LogP contribution is 2.29. The molecule has 3 aliphatic rings. The number of likely N-dealkylation sites (tertiary alicyclic amines) is 1. The molecule has 13 aromatic heterocycles. The first-order valence-electron chi connectivity index (χ1n) is 41.5. The van der Waals surface area contributed by atoms with Crippen LogP contribution < -0.4 is 22.7 Å². The van der Waals surface area contributed by atoms with E-state index in [2.05, 4.69) is 181 Å². The number of hydrogen-bond donors (Lipinski definition) is 6. The van der Waals surface area contributed by atoms with Gasteiger partial charge in [-0.3, -0.25) is 41.2 Å². The number of piperidine rings is 1. The van der Waals surface area contributed by atoms with Crippen LogP contribution in [-0.4, -0.2) is 259 Å². The monoisotopic (exact) mass is 2270 g/mol. The van der Waals surface area contributed by atoms with Gasteiger partial charge in [0.25, 0.3) is 29.1 Å². The molecular weight excluding hydrogens is 2180 g/mol. The number of fused-ring (bicyclic) bond motifs is 7. The highest BCUT2D eigenvalue weighted by Gasteiger charge is 2.29. The summed E-state index contributed by atoms with van der Waals surface area (Å²) in [5, 5.41) is 25.0. The van der Waals surface area contributed by atoms with E-state index >= 15 is 0 Å². The number of likely N-dealkylation sites (N-methyl/N-ethyl adjacent to an activating group) is 2. The molecule has 716 valence electrons. The summed E-state index contributed by atoms with van der Waals surface area (Å²) in [5.74, 6) is -1.72. The summed E-state index contributed by atoms with van der Waals surface area (Å²) in [6.45, 7) is 23.6. The van der Waals surface area contributed by atoms with Crippen molar-refractivity contribution in [1.29, 1.82) is 0 Å². The Morgan fingerprint density at radius 2 is 0.837 bits per heavy atom. The summed E-state index contributed by atoms with van der Waals surface area (Å²) >= 11 is 27.4. The SMILES string of the molecule is CCOC(=O)C(Cl)C(C)=O.CCOC(=O)c1c(C)nc2ccc(Br)cn12.CN1CCCCC1.Cc1nc2ccc(-c3ccc4oc(N)nc4c3)cn2c1C(=O)N1CCN(C)CC1.Cc1nc2ccc(Br)cn2c1C(=O)Cl.Cc1nc2ccc(Br)cn2c1C(=O)N1CCN(C)CC1.Cc1nc2ccc(Br)cn2c1C(=O)O.Nc1ccc(Br)cn1.Nc1nc2cc(B(O)O)ccc2o1.O=S(Cl)Cl. The lowest BCUT2D eigenvalue weighted by Gasteiger charge is -2.32. The first-order chi connectivity index (χ1) is 64.0. The summed E-state index contributed by atoms with van der Waals surface area (Å²) in [7, 11) is 12.2. The Kier molecular flexibility index (Phi) is 41.1. The first kappa shape index (κ1) is 108. The fourth-order valence-corrected chi connectivity index (χ4v) is 15.6. The fraction of sp³-hybridized carbons (Fsp3) is 0.307. The molecule has 47 heteroatoms. The number of pyridine rings is 6. The number of carbonyl (C=O) groups excluding carboxylic acids is 6. The third kappa shape index (κ3) is 30.6. The zero-order valence-corrected chi connectivity index (χ0v) is 86.7. The topological polar surface area (TPSA) is 461 Å². The number of Topliss-reactive ketones (excluding diaryl/α,β-unsaturated/α-hetero) is 1. The van der Waals surface area contributed by atoms with Crippen LogP contribution in [0.15, 0.2) is 178 Å². The average molecular weight is 2270 g/mol. The number of carbonyl (C=O) groups is 7. The normalized spacial score (nSPS) is 13.4. The van der Waals surface area contributed by atoms with E-state index in [0.29, 0.717) is 85.6 Å². The van der Waals surface area contributed by atoms with E-state index in [0.717, 1.165) is 120 Å². The number of imidazole rings is 5. The van der Waals surface area contributed by atoms with Gasteiger partial charge in [0, 0.05) is 133 Å². The summed E-state index contributed by atoms with van der Waals surface area (Å²) in [5.41, 5.74) is 30.4. The number of aromatic carboxylic acids is 1. The molecule has 0 radical (unpaired) electrons. The number of ketones is 1. The van der Waals surface area contributed by atoms with Crippen LogP contribution in [0.5, 0.6) is 0 Å². The Balaban J connectivity index is 0.000000175. The van der Waals surface area contributed by atoms with Crippen LogP contribution in [0.1, 0.15) is 121 Å². The van der Waals surface area contributed by atoms with Gasteiger partial charge in [-0.25, -0.2) is 48.5 Å². The Bertz CT molecular complexity index is 6600. The van der Waals surface area contributed by atoms with E-state index in [9.17, 15) is 33.6 Å². The molecule has 3 aliphatic heterocycles. The number of benzene rings is 2. The number of anilines is 3. The van der Waals surface area contributed by atoms with E-state index < -0.39 is 38.9 Å². The number of oxazole rings is 2. The first-order valence-corrected chi connectivity index (χ1v) is 49.0. The van der Waals surface area contributed by atoms with Crippen LogP contribution in [0.25, 0.3) is 61.6 Å². The number of carboxylic acid groups (broad SMARTS) is 1. The molecule has 15 aromatic rings. The molecule has 0 spiro atoms. The van der Waals surface area contributed by atoms with Crippen molar-refractivity contribution < 1.29 is 71.2 Å². The van der Waals surface area contributed by atoms with Gasteiger partial charge < -0.3 is 75.2 Å². The van der Waals surface area contributed by atoms with Gasteiger partial charge in [0.05, 0.1) is 41.7 Å². The zero-order valence-electron chi connectivity index (χ0n) is 75.0. The van der Waals surface area contributed by atoms with Crippen LogP contribution >= 0.6 is 124 Å². The van der Waals surface area contributed by atoms with Crippen molar-refractivity contribution in [3.8, 4) is 11.1 Å². The van der Waals surface area contributed by atoms with Gasteiger partial charge >= 0.3 is 25.0 Å². The van der Waals surface area contributed by atoms with E-state index in [4.69, 9.17) is 73.3 Å². The molecule has 0 aliphatic carbocycles. The Morgan fingerprint density at radius 3 is 1.22 bits per heavy atom. The minimum absolute atomic E-state index is 0.0278. The van der Waals surface area contributed by atoms with Crippen molar-refractivity contribution in [2.24, 2.45) is 0 Å². The van der Waals surface area contributed by atoms with Crippen molar-refractivity contribution in [1.82, 2.24) is 86.4 Å². The number of hydrogen-bond acceptors (Lipinski definition) is 28. The number of nitrogens with zero attached hydrogens (tertiary/aromatic N) is 18. The molecule has 1 unspecified atom stereocenters. The number of carboxylic acids is 1. The minimum Gasteiger partial charge on any atom is -0.477 e. The smallest absolute Gasteiger partial charge is 0.477 e. The second-order valence-electron chi connectivity index (χ2n) is 30.2. The second kappa shape index (κ2) is 51.2. The fourth-order valence-electron chi connectivity index (χ4n) is 13.7. The summed E-state index contributed by atoms with van der Waals surface area (Å²) < 4.78 is 42.1. The van der Waals surface area contributed by atoms with Crippen molar-refractivity contribution >= 4 is 255 Å². The van der Waals surface area contributed by atoms with Gasteiger partial charge in [0.1, 0.15) is 62.2 Å². The van der Waals surface area contributed by atoms with Gasteiger partial charge in [-0.1, -0.05) is 18.6 Å². The van der Waals surface area contributed by atoms with E-state index in [-0.39, 0.29) is 47.9 Å². The molecule has 0 saturated carbocycles. The number of alkyl halides is 1. The highest BCUT2D eigenvalue weighted by molar-refractivity contribution is 9.11. The number of aryl methyl sites for hydroxylation is 5. The number of rotatable bonds is 11. The van der Waals surface area contributed by atoms with Gasteiger partial charge in [-0.15, -0.1) is 11.6 Å². The molecule has 2 amide bonds. The van der Waals surface area contributed by atoms with Crippen LogP contribution in [0.3, 0.4) is 0 Å². The molecule has 135 heavy (non-hydrogen) atoms. The van der Waals surface area contributed by atoms with Crippen LogP contribution in [0.4, 0.5) is 17.8 Å². The molecule has 9 N–H and O–H groups in total. The largest absolute Gasteiger partial charge is 0.488 e. The Morgan fingerprint density at radius 1 is 0.474 bits per heavy atom. The predicted octanol–water partition coefficient (Wildman–Crippen LogP) is 15.1. The maximum atomic E-state index is 13.2. The number of halogens is 9. The molecule has 36 nitrogen and oxygen atoms in total. The lowest BCUT2D eigenvalue weighted by molar-refractivity contribution is -0.144. The number of nitrogens with two attached hydrogens (primary N) is 3. The summed E-state index contributed by atoms with van der Waals surface area (Å²) in [6.07, 6.45) is 15.1. The minimum atomic E-state index is -1.67. The molecular formula is C88H97BBr5Cl4N21O15S. The van der Waals surface area contributed by atoms with Crippen LogP contribution in [-0.2, 0) is 28.3 Å². The maximum Gasteiger partial charge on any atom is 0.488 e. The lowest BCUT2D eigenvalue weighted by Crippen LogP contribution is -2.47. The zero-order chi connectivity index (χ0) is 98.9. The summed E-state index contributed by atoms with van der Waals surface area (Å²) in [4.78, 5) is 125. The molecule has 3 fully saturated rings. The Labute approximate surface area is 839 Å². The molecule has 0 bridgehead atoms. The number of amides is 2. The van der Waals surface area contributed by atoms with Gasteiger partial charge in [0.2, 0.25) is 9.23 Å². The van der Waals surface area contributed by atoms with Crippen molar-refractivity contribution in [2.45, 2.75) is 80.0 Å². The molecule has 18 rings (SSSR count). The number of piperazine rings is 2. The van der Waals surface area contributed by atoms with Gasteiger partial charge in [-0.05, 0) is 307 Å². The predicted molar refractivity (Wildman–Crippen MR) is 541 cm³/mol.